The zero-order chi connectivity index (χ0) is 29.9. The minimum absolute atomic E-state index is 0.102. The maximum Gasteiger partial charge on any atom is 0.178 e. The van der Waals surface area contributed by atoms with Crippen LogP contribution in [-0.4, -0.2) is 9.97 Å². The van der Waals surface area contributed by atoms with Crippen LogP contribution in [0, 0.1) is 0 Å². The molecule has 1 aliphatic carbocycles. The molecule has 4 aromatic heterocycles. The van der Waals surface area contributed by atoms with Crippen LogP contribution in [0.4, 0.5) is 0 Å². The Morgan fingerprint density at radius 3 is 2.02 bits per heavy atom. The molecule has 0 spiro atoms. The zero-order valence-corrected chi connectivity index (χ0v) is 24.8. The van der Waals surface area contributed by atoms with Crippen LogP contribution in [0.1, 0.15) is 25.0 Å². The number of aromatic nitrogens is 2. The third-order valence-electron chi connectivity index (χ3n) is 9.73. The maximum absolute atomic E-state index is 6.37. The van der Waals surface area contributed by atoms with E-state index in [1.807, 2.05) is 30.5 Å². The van der Waals surface area contributed by atoms with E-state index in [0.717, 1.165) is 77.6 Å². The molecule has 0 atom stereocenters. The summed E-state index contributed by atoms with van der Waals surface area (Å²) in [5, 5.41) is 6.69. The van der Waals surface area contributed by atoms with Crippen molar-refractivity contribution in [2.24, 2.45) is 0 Å². The molecular weight excluding hydrogens is 552 g/mol. The molecule has 1 aliphatic rings. The van der Waals surface area contributed by atoms with Crippen molar-refractivity contribution in [3.63, 3.8) is 0 Å². The molecule has 9 aromatic rings. The Morgan fingerprint density at radius 1 is 0.511 bits per heavy atom. The Morgan fingerprint density at radius 2 is 1.18 bits per heavy atom. The summed E-state index contributed by atoms with van der Waals surface area (Å²) >= 11 is 0. The smallest absolute Gasteiger partial charge is 0.178 e. The third-order valence-corrected chi connectivity index (χ3v) is 9.73. The number of benzene rings is 5. The van der Waals surface area contributed by atoms with E-state index >= 15 is 0 Å². The highest BCUT2D eigenvalue weighted by Gasteiger charge is 2.37. The maximum atomic E-state index is 6.37. The fraction of sp³-hybridized carbons (Fsp3) is 0.0732. The average molecular weight is 579 g/mol. The quantitative estimate of drug-likeness (QED) is 0.205. The summed E-state index contributed by atoms with van der Waals surface area (Å²) in [7, 11) is 0. The number of rotatable bonds is 2. The van der Waals surface area contributed by atoms with Gasteiger partial charge >= 0.3 is 0 Å². The van der Waals surface area contributed by atoms with Crippen molar-refractivity contribution >= 4 is 54.6 Å². The first-order chi connectivity index (χ1) is 22.0. The van der Waals surface area contributed by atoms with Crippen LogP contribution in [0.3, 0.4) is 0 Å². The van der Waals surface area contributed by atoms with Crippen molar-refractivity contribution in [1.29, 1.82) is 0 Å². The largest absolute Gasteiger partial charge is 0.452 e. The van der Waals surface area contributed by atoms with Crippen molar-refractivity contribution in [3.05, 3.63) is 133 Å². The van der Waals surface area contributed by atoms with Gasteiger partial charge in [-0.05, 0) is 87.6 Å². The molecule has 0 saturated heterocycles. The molecule has 0 aliphatic heterocycles. The molecule has 10 rings (SSSR count). The second-order valence-corrected chi connectivity index (χ2v) is 12.6. The van der Waals surface area contributed by atoms with Crippen molar-refractivity contribution in [2.75, 3.05) is 0 Å². The van der Waals surface area contributed by atoms with Gasteiger partial charge < -0.3 is 8.83 Å². The molecule has 0 bridgehead atoms. The lowest BCUT2D eigenvalue weighted by atomic mass is 9.83. The van der Waals surface area contributed by atoms with Gasteiger partial charge in [-0.2, -0.15) is 0 Å². The molecule has 0 amide bonds. The first-order valence-electron chi connectivity index (χ1n) is 15.3. The van der Waals surface area contributed by atoms with Gasteiger partial charge in [0.25, 0.3) is 0 Å². The normalized spacial score (nSPS) is 13.7. The van der Waals surface area contributed by atoms with Crippen LogP contribution in [0.5, 0.6) is 0 Å². The Labute approximate surface area is 258 Å². The summed E-state index contributed by atoms with van der Waals surface area (Å²) in [6.45, 7) is 4.50. The predicted octanol–water partition coefficient (Wildman–Crippen LogP) is 11.1. The highest BCUT2D eigenvalue weighted by Crippen LogP contribution is 2.47. The van der Waals surface area contributed by atoms with Crippen LogP contribution >= 0.6 is 0 Å². The molecule has 0 saturated carbocycles. The van der Waals surface area contributed by atoms with E-state index in [0.29, 0.717) is 0 Å². The Kier molecular flexibility index (Phi) is 4.76. The number of pyridine rings is 2. The monoisotopic (exact) mass is 578 g/mol. The van der Waals surface area contributed by atoms with Gasteiger partial charge in [0.05, 0.1) is 17.1 Å². The Balaban J connectivity index is 1.04. The molecule has 0 N–H and O–H groups in total. The molecule has 0 fully saturated rings. The van der Waals surface area contributed by atoms with E-state index in [1.165, 1.54) is 21.9 Å². The number of fused-ring (bicyclic) bond motifs is 11. The number of para-hydroxylation sites is 1. The zero-order valence-electron chi connectivity index (χ0n) is 24.8. The van der Waals surface area contributed by atoms with Crippen molar-refractivity contribution in [2.45, 2.75) is 19.3 Å². The van der Waals surface area contributed by atoms with Gasteiger partial charge in [-0.1, -0.05) is 74.5 Å². The van der Waals surface area contributed by atoms with E-state index in [2.05, 4.69) is 105 Å². The Bertz CT molecular complexity index is 2690. The van der Waals surface area contributed by atoms with E-state index in [4.69, 9.17) is 18.8 Å². The SMILES string of the molecule is CC1(C)c2cccnc2-c2nc(-c3ccc4cc(-c5ccc6oc7c(ccc8c9ccccc9oc87)c6c5)ccc4c3)ccc21. The first kappa shape index (κ1) is 24.7. The van der Waals surface area contributed by atoms with Crippen molar-refractivity contribution in [3.8, 4) is 33.8 Å². The first-order valence-corrected chi connectivity index (χ1v) is 15.3. The molecule has 212 valence electrons. The second-order valence-electron chi connectivity index (χ2n) is 12.6. The lowest BCUT2D eigenvalue weighted by molar-refractivity contribution is 0.633. The van der Waals surface area contributed by atoms with Crippen LogP contribution in [0.2, 0.25) is 0 Å². The Hall–Kier alpha value is -5.74. The summed E-state index contributed by atoms with van der Waals surface area (Å²) in [5.74, 6) is 0. The third kappa shape index (κ3) is 3.42. The molecule has 0 radical (unpaired) electrons. The highest BCUT2D eigenvalue weighted by atomic mass is 16.4. The summed E-state index contributed by atoms with van der Waals surface area (Å²) in [6.07, 6.45) is 1.86. The summed E-state index contributed by atoms with van der Waals surface area (Å²) in [4.78, 5) is 9.84. The van der Waals surface area contributed by atoms with Gasteiger partial charge in [-0.25, -0.2) is 4.98 Å². The van der Waals surface area contributed by atoms with E-state index < -0.39 is 0 Å². The lowest BCUT2D eigenvalue weighted by Gasteiger charge is -2.20. The van der Waals surface area contributed by atoms with Gasteiger partial charge in [-0.15, -0.1) is 0 Å². The van der Waals surface area contributed by atoms with Crippen LogP contribution in [0.15, 0.2) is 130 Å². The van der Waals surface area contributed by atoms with Crippen LogP contribution < -0.4 is 0 Å². The fourth-order valence-electron chi connectivity index (χ4n) is 7.33. The lowest BCUT2D eigenvalue weighted by Crippen LogP contribution is -2.15. The van der Waals surface area contributed by atoms with E-state index in [-0.39, 0.29) is 5.41 Å². The predicted molar refractivity (Wildman–Crippen MR) is 183 cm³/mol. The summed E-state index contributed by atoms with van der Waals surface area (Å²) in [5.41, 5.74) is 12.1. The van der Waals surface area contributed by atoms with E-state index in [9.17, 15) is 0 Å². The van der Waals surface area contributed by atoms with Gasteiger partial charge in [0, 0.05) is 38.7 Å². The minimum atomic E-state index is -0.102. The minimum Gasteiger partial charge on any atom is -0.452 e. The average Bonchev–Trinajstić information content (AvgIpc) is 3.72. The summed E-state index contributed by atoms with van der Waals surface area (Å²) < 4.78 is 12.6. The number of hydrogen-bond donors (Lipinski definition) is 0. The van der Waals surface area contributed by atoms with Crippen molar-refractivity contribution < 1.29 is 8.83 Å². The van der Waals surface area contributed by atoms with Gasteiger partial charge in [0.15, 0.2) is 11.2 Å². The number of furan rings is 2. The highest BCUT2D eigenvalue weighted by molar-refractivity contribution is 6.19. The topological polar surface area (TPSA) is 52.1 Å². The molecule has 5 aromatic carbocycles. The number of nitrogens with zero attached hydrogens (tertiary/aromatic N) is 2. The van der Waals surface area contributed by atoms with Gasteiger partial charge in [0.2, 0.25) is 0 Å². The molecule has 4 heteroatoms. The molecular formula is C41H26N2O2. The summed E-state index contributed by atoms with van der Waals surface area (Å²) in [6, 6.07) is 40.7. The fourth-order valence-corrected chi connectivity index (χ4v) is 7.33. The number of hydrogen-bond acceptors (Lipinski definition) is 4. The molecule has 0 unspecified atom stereocenters. The van der Waals surface area contributed by atoms with Crippen LogP contribution in [-0.2, 0) is 5.41 Å². The van der Waals surface area contributed by atoms with Gasteiger partial charge in [0.1, 0.15) is 11.2 Å². The second kappa shape index (κ2) is 8.67. The molecule has 4 nitrogen and oxygen atoms in total. The van der Waals surface area contributed by atoms with Crippen LogP contribution in [0.25, 0.3) is 88.4 Å². The molecule has 45 heavy (non-hydrogen) atoms. The van der Waals surface area contributed by atoms with Crippen molar-refractivity contribution in [1.82, 2.24) is 9.97 Å². The van der Waals surface area contributed by atoms with Gasteiger partial charge in [-0.3, -0.25) is 4.98 Å². The molecule has 4 heterocycles. The van der Waals surface area contributed by atoms with E-state index in [1.54, 1.807) is 0 Å². The standard InChI is InChI=1S/C41H26N2O2/c1-41(2)32-7-5-19-42-37(32)38-33(41)16-17-34(43-38)27-12-11-23-20-24(9-10-25(23)21-27)26-13-18-36-31(22-26)30-15-14-29-28-6-3-4-8-35(28)44-39(29)40(30)45-36/h3-22H,1-2H3.